The van der Waals surface area contributed by atoms with Crippen molar-refractivity contribution in [3.8, 4) is 0 Å². The van der Waals surface area contributed by atoms with E-state index in [1.165, 1.54) is 12.1 Å². The van der Waals surface area contributed by atoms with Gasteiger partial charge in [0.05, 0.1) is 16.8 Å². The minimum absolute atomic E-state index is 0. The Balaban J connectivity index is 0.00000288. The lowest BCUT2D eigenvalue weighted by atomic mass is 10.1. The fourth-order valence-corrected chi connectivity index (χ4v) is 2.15. The van der Waals surface area contributed by atoms with Crippen LogP contribution in [0.2, 0.25) is 0 Å². The first-order valence-corrected chi connectivity index (χ1v) is 7.02. The topological polar surface area (TPSA) is 68.0 Å². The van der Waals surface area contributed by atoms with Crippen LogP contribution < -0.4 is 11.1 Å². The number of aryl methyl sites for hydroxylation is 1. The quantitative estimate of drug-likeness (QED) is 0.595. The number of halogens is 5. The summed E-state index contributed by atoms with van der Waals surface area (Å²) in [5.74, 6) is -0.611. The summed E-state index contributed by atoms with van der Waals surface area (Å²) in [6, 6.07) is 7.04. The van der Waals surface area contributed by atoms with Gasteiger partial charge in [0.1, 0.15) is 0 Å². The molecule has 1 amide bonds. The lowest BCUT2D eigenvalue weighted by molar-refractivity contribution is -0.136. The Labute approximate surface area is 155 Å². The van der Waals surface area contributed by atoms with Gasteiger partial charge in [-0.15, -0.1) is 24.8 Å². The largest absolute Gasteiger partial charge is 0.418 e. The Kier molecular flexibility index (Phi) is 9.30. The highest BCUT2D eigenvalue weighted by Gasteiger charge is 2.34. The highest BCUT2D eigenvalue weighted by Crippen LogP contribution is 2.34. The van der Waals surface area contributed by atoms with Crippen molar-refractivity contribution in [2.75, 3.05) is 12.3 Å². The molecule has 0 spiro atoms. The molecule has 0 unspecified atom stereocenters. The number of carbonyl (C=O) groups excluding carboxylic acids is 1. The molecule has 1 aromatic carbocycles. The molecular formula is C16H18Cl2F3N3O. The number of amides is 1. The molecule has 2 aromatic rings. The third-order valence-electron chi connectivity index (χ3n) is 3.31. The van der Waals surface area contributed by atoms with Gasteiger partial charge in [-0.25, -0.2) is 0 Å². The maximum absolute atomic E-state index is 12.8. The van der Waals surface area contributed by atoms with Crippen molar-refractivity contribution in [3.63, 3.8) is 0 Å². The van der Waals surface area contributed by atoms with Crippen molar-refractivity contribution < 1.29 is 18.0 Å². The van der Waals surface area contributed by atoms with Crippen molar-refractivity contribution in [1.82, 2.24) is 10.3 Å². The Hall–Kier alpha value is -1.99. The van der Waals surface area contributed by atoms with Gasteiger partial charge in [-0.3, -0.25) is 9.78 Å². The molecule has 0 bridgehead atoms. The first kappa shape index (κ1) is 23.0. The van der Waals surface area contributed by atoms with Gasteiger partial charge in [-0.1, -0.05) is 12.1 Å². The zero-order valence-electron chi connectivity index (χ0n) is 13.0. The molecule has 4 nitrogen and oxygen atoms in total. The van der Waals surface area contributed by atoms with Crippen LogP contribution in [0, 0.1) is 0 Å². The number of benzene rings is 1. The highest BCUT2D eigenvalue weighted by atomic mass is 35.5. The standard InChI is InChI=1S/C16H16F3N3O.2ClH/c17-16(18,19)13-7-1-6-12(14(13)20)15(23)22-9-3-5-11-4-2-8-21-10-11;;/h1-2,4,6-8,10H,3,5,9,20H2,(H,22,23);2*1H. The predicted molar refractivity (Wildman–Crippen MR) is 95.2 cm³/mol. The van der Waals surface area contributed by atoms with Crippen LogP contribution in [0.4, 0.5) is 18.9 Å². The van der Waals surface area contributed by atoms with Crippen LogP contribution in [0.15, 0.2) is 42.7 Å². The number of rotatable bonds is 5. The lowest BCUT2D eigenvalue weighted by Crippen LogP contribution is -2.26. The number of para-hydroxylation sites is 1. The first-order chi connectivity index (χ1) is 10.9. The van der Waals surface area contributed by atoms with E-state index in [1.807, 2.05) is 12.1 Å². The summed E-state index contributed by atoms with van der Waals surface area (Å²) in [4.78, 5) is 16.0. The molecular weight excluding hydrogens is 378 g/mol. The minimum Gasteiger partial charge on any atom is -0.398 e. The molecule has 1 aromatic heterocycles. The number of hydrogen-bond acceptors (Lipinski definition) is 3. The number of aromatic nitrogens is 1. The van der Waals surface area contributed by atoms with Crippen LogP contribution in [0.1, 0.15) is 27.9 Å². The molecule has 1 heterocycles. The number of nitrogens with one attached hydrogen (secondary N) is 1. The molecule has 25 heavy (non-hydrogen) atoms. The van der Waals surface area contributed by atoms with Gasteiger partial charge in [0.2, 0.25) is 0 Å². The zero-order chi connectivity index (χ0) is 16.9. The Bertz CT molecular complexity index is 682. The number of carbonyl (C=O) groups is 1. The maximum Gasteiger partial charge on any atom is 0.418 e. The number of alkyl halides is 3. The Morgan fingerprint density at radius 3 is 2.48 bits per heavy atom. The van der Waals surface area contributed by atoms with Gasteiger partial charge in [0, 0.05) is 18.9 Å². The molecule has 3 N–H and O–H groups in total. The van der Waals surface area contributed by atoms with E-state index >= 15 is 0 Å². The minimum atomic E-state index is -4.58. The highest BCUT2D eigenvalue weighted by molar-refractivity contribution is 5.99. The van der Waals surface area contributed by atoms with Crippen LogP contribution in [0.25, 0.3) is 0 Å². The molecule has 138 valence electrons. The molecule has 0 aliphatic rings. The average molecular weight is 396 g/mol. The number of nitrogens with zero attached hydrogens (tertiary/aromatic N) is 1. The molecule has 0 aliphatic heterocycles. The SMILES string of the molecule is Cl.Cl.Nc1c(C(=O)NCCCc2cccnc2)cccc1C(F)(F)F. The third kappa shape index (κ3) is 6.43. The molecule has 0 fully saturated rings. The van der Waals surface area contributed by atoms with Gasteiger partial charge in [-0.05, 0) is 36.6 Å². The van der Waals surface area contributed by atoms with E-state index in [4.69, 9.17) is 5.73 Å². The average Bonchev–Trinajstić information content (AvgIpc) is 2.51. The van der Waals surface area contributed by atoms with Crippen LogP contribution >= 0.6 is 24.8 Å². The van der Waals surface area contributed by atoms with Gasteiger partial charge in [0.15, 0.2) is 0 Å². The van der Waals surface area contributed by atoms with Crippen LogP contribution in [0.5, 0.6) is 0 Å². The van der Waals surface area contributed by atoms with Crippen LogP contribution in [-0.4, -0.2) is 17.4 Å². The summed E-state index contributed by atoms with van der Waals surface area (Å²) < 4.78 is 38.3. The number of pyridine rings is 1. The van der Waals surface area contributed by atoms with Crippen molar-refractivity contribution in [2.45, 2.75) is 19.0 Å². The summed E-state index contributed by atoms with van der Waals surface area (Å²) in [5, 5.41) is 2.58. The lowest BCUT2D eigenvalue weighted by Gasteiger charge is -2.13. The van der Waals surface area contributed by atoms with E-state index in [0.717, 1.165) is 11.6 Å². The van der Waals surface area contributed by atoms with Gasteiger partial charge in [0.25, 0.3) is 5.91 Å². The second-order valence-corrected chi connectivity index (χ2v) is 4.99. The summed E-state index contributed by atoms with van der Waals surface area (Å²) in [7, 11) is 0. The maximum atomic E-state index is 12.8. The van der Waals surface area contributed by atoms with Crippen molar-refractivity contribution in [3.05, 3.63) is 59.4 Å². The van der Waals surface area contributed by atoms with Crippen molar-refractivity contribution in [2.24, 2.45) is 0 Å². The second kappa shape index (κ2) is 10.1. The van der Waals surface area contributed by atoms with E-state index in [9.17, 15) is 18.0 Å². The van der Waals surface area contributed by atoms with E-state index in [0.29, 0.717) is 19.4 Å². The molecule has 9 heteroatoms. The molecule has 0 aliphatic carbocycles. The van der Waals surface area contributed by atoms with Gasteiger partial charge in [-0.2, -0.15) is 13.2 Å². The number of anilines is 1. The second-order valence-electron chi connectivity index (χ2n) is 4.99. The molecule has 2 rings (SSSR count). The zero-order valence-corrected chi connectivity index (χ0v) is 14.7. The van der Waals surface area contributed by atoms with E-state index in [-0.39, 0.29) is 30.4 Å². The fourth-order valence-electron chi connectivity index (χ4n) is 2.15. The first-order valence-electron chi connectivity index (χ1n) is 7.02. The molecule has 0 saturated carbocycles. The normalized spacial score (nSPS) is 10.4. The van der Waals surface area contributed by atoms with E-state index in [1.54, 1.807) is 12.4 Å². The molecule has 0 saturated heterocycles. The summed E-state index contributed by atoms with van der Waals surface area (Å²) in [6.07, 6.45) is 0.178. The Morgan fingerprint density at radius 2 is 1.88 bits per heavy atom. The van der Waals surface area contributed by atoms with E-state index < -0.39 is 23.3 Å². The summed E-state index contributed by atoms with van der Waals surface area (Å²) in [6.45, 7) is 0.337. The van der Waals surface area contributed by atoms with Crippen molar-refractivity contribution in [1.29, 1.82) is 0 Å². The van der Waals surface area contributed by atoms with Crippen LogP contribution in [-0.2, 0) is 12.6 Å². The fraction of sp³-hybridized carbons (Fsp3) is 0.250. The van der Waals surface area contributed by atoms with Gasteiger partial charge < -0.3 is 11.1 Å². The van der Waals surface area contributed by atoms with Crippen molar-refractivity contribution >= 4 is 36.4 Å². The number of nitrogen functional groups attached to an aromatic ring is 1. The predicted octanol–water partition coefficient (Wildman–Crippen LogP) is 3.89. The smallest absolute Gasteiger partial charge is 0.398 e. The third-order valence-corrected chi connectivity index (χ3v) is 3.31. The monoisotopic (exact) mass is 395 g/mol. The molecule has 0 atom stereocenters. The van der Waals surface area contributed by atoms with Gasteiger partial charge >= 0.3 is 6.18 Å². The summed E-state index contributed by atoms with van der Waals surface area (Å²) in [5.41, 5.74) is 4.79. The Morgan fingerprint density at radius 1 is 1.16 bits per heavy atom. The van der Waals surface area contributed by atoms with Crippen LogP contribution in [0.3, 0.4) is 0 Å². The number of hydrogen-bond donors (Lipinski definition) is 2. The molecule has 0 radical (unpaired) electrons. The number of nitrogens with two attached hydrogens (primary N) is 1. The summed E-state index contributed by atoms with van der Waals surface area (Å²) >= 11 is 0. The van der Waals surface area contributed by atoms with E-state index in [2.05, 4.69) is 10.3 Å².